The molecule has 1 aromatic rings. The minimum Gasteiger partial charge on any atom is -0.387 e. The zero-order chi connectivity index (χ0) is 10.7. The van der Waals surface area contributed by atoms with Gasteiger partial charge in [-0.2, -0.15) is 0 Å². The molecule has 0 aliphatic carbocycles. The van der Waals surface area contributed by atoms with Crippen LogP contribution in [-0.2, 0) is 0 Å². The maximum Gasteiger partial charge on any atom is 0.0943 e. The van der Waals surface area contributed by atoms with Gasteiger partial charge in [0.2, 0.25) is 0 Å². The number of hydrogen-bond donors (Lipinski definition) is 2. The van der Waals surface area contributed by atoms with E-state index in [2.05, 4.69) is 15.9 Å². The molecule has 0 saturated heterocycles. The lowest BCUT2D eigenvalue weighted by Gasteiger charge is -2.22. The van der Waals surface area contributed by atoms with Gasteiger partial charge in [-0.1, -0.05) is 41.9 Å². The van der Waals surface area contributed by atoms with E-state index < -0.39 is 6.10 Å². The Labute approximate surface area is 93.3 Å². The van der Waals surface area contributed by atoms with Gasteiger partial charge in [-0.15, -0.1) is 0 Å². The van der Waals surface area contributed by atoms with Crippen molar-refractivity contribution in [2.75, 3.05) is 0 Å². The third kappa shape index (κ3) is 2.80. The van der Waals surface area contributed by atoms with Crippen LogP contribution >= 0.6 is 15.9 Å². The van der Waals surface area contributed by atoms with Crippen LogP contribution in [0.5, 0.6) is 0 Å². The number of aliphatic hydroxyl groups is 1. The Hall–Kier alpha value is -0.380. The lowest BCUT2D eigenvalue weighted by Crippen LogP contribution is -2.33. The van der Waals surface area contributed by atoms with Crippen LogP contribution in [0.4, 0.5) is 0 Å². The number of aliphatic hydroxyl groups excluding tert-OH is 1. The Kier molecular flexibility index (Phi) is 4.11. The zero-order valence-corrected chi connectivity index (χ0v) is 10.0. The molecule has 1 rings (SSSR count). The zero-order valence-electron chi connectivity index (χ0n) is 8.44. The van der Waals surface area contributed by atoms with Crippen molar-refractivity contribution in [3.05, 3.63) is 34.3 Å². The molecule has 0 heterocycles. The van der Waals surface area contributed by atoms with Crippen molar-refractivity contribution in [1.82, 2.24) is 0 Å². The predicted molar refractivity (Wildman–Crippen MR) is 61.9 cm³/mol. The Bertz CT molecular complexity index is 284. The highest BCUT2D eigenvalue weighted by Gasteiger charge is 2.19. The van der Waals surface area contributed by atoms with Crippen molar-refractivity contribution in [1.29, 1.82) is 0 Å². The molecule has 0 saturated carbocycles. The fraction of sp³-hybridized carbons (Fsp3) is 0.455. The van der Waals surface area contributed by atoms with Gasteiger partial charge in [-0.05, 0) is 23.6 Å². The van der Waals surface area contributed by atoms with Crippen molar-refractivity contribution in [2.45, 2.75) is 26.0 Å². The molecule has 0 amide bonds. The van der Waals surface area contributed by atoms with E-state index in [1.807, 2.05) is 38.1 Å². The average Bonchev–Trinajstić information content (AvgIpc) is 2.16. The monoisotopic (exact) mass is 257 g/mol. The van der Waals surface area contributed by atoms with Crippen LogP contribution in [0, 0.1) is 5.92 Å². The van der Waals surface area contributed by atoms with Crippen LogP contribution in [0.25, 0.3) is 0 Å². The van der Waals surface area contributed by atoms with Crippen LogP contribution < -0.4 is 5.73 Å². The second kappa shape index (κ2) is 4.91. The fourth-order valence-corrected chi connectivity index (χ4v) is 1.51. The molecule has 0 aromatic heterocycles. The number of rotatable bonds is 3. The predicted octanol–water partition coefficient (Wildman–Crippen LogP) is 2.47. The van der Waals surface area contributed by atoms with Gasteiger partial charge in [0, 0.05) is 10.5 Å². The maximum atomic E-state index is 9.91. The molecule has 78 valence electrons. The molecule has 2 atom stereocenters. The van der Waals surface area contributed by atoms with Gasteiger partial charge >= 0.3 is 0 Å². The first-order valence-electron chi connectivity index (χ1n) is 4.71. The summed E-state index contributed by atoms with van der Waals surface area (Å²) in [5.74, 6) is 0.272. The Morgan fingerprint density at radius 3 is 2.14 bits per heavy atom. The van der Waals surface area contributed by atoms with E-state index in [0.29, 0.717) is 0 Å². The molecule has 1 aromatic carbocycles. The first-order chi connectivity index (χ1) is 6.52. The largest absolute Gasteiger partial charge is 0.387 e. The number of halogens is 1. The normalized spacial score (nSPS) is 15.6. The molecular weight excluding hydrogens is 242 g/mol. The first kappa shape index (κ1) is 11.7. The average molecular weight is 258 g/mol. The highest BCUT2D eigenvalue weighted by Crippen LogP contribution is 2.21. The summed E-state index contributed by atoms with van der Waals surface area (Å²) in [6, 6.07) is 7.38. The Morgan fingerprint density at radius 1 is 1.21 bits per heavy atom. The Morgan fingerprint density at radius 2 is 1.71 bits per heavy atom. The molecule has 0 radical (unpaired) electrons. The van der Waals surface area contributed by atoms with E-state index in [-0.39, 0.29) is 12.0 Å². The summed E-state index contributed by atoms with van der Waals surface area (Å²) >= 11 is 3.35. The van der Waals surface area contributed by atoms with Gasteiger partial charge in [-0.3, -0.25) is 0 Å². The van der Waals surface area contributed by atoms with E-state index in [0.717, 1.165) is 10.0 Å². The minimum atomic E-state index is -0.580. The van der Waals surface area contributed by atoms with Crippen LogP contribution in [0.1, 0.15) is 25.5 Å². The van der Waals surface area contributed by atoms with Crippen molar-refractivity contribution in [3.63, 3.8) is 0 Å². The molecule has 3 N–H and O–H groups in total. The van der Waals surface area contributed by atoms with Crippen LogP contribution in [0.3, 0.4) is 0 Å². The maximum absolute atomic E-state index is 9.91. The number of benzene rings is 1. The lowest BCUT2D eigenvalue weighted by molar-refractivity contribution is 0.126. The number of nitrogens with two attached hydrogens (primary N) is 1. The second-order valence-corrected chi connectivity index (χ2v) is 4.73. The third-order valence-electron chi connectivity index (χ3n) is 2.35. The second-order valence-electron chi connectivity index (χ2n) is 3.82. The van der Waals surface area contributed by atoms with Crippen molar-refractivity contribution >= 4 is 15.9 Å². The molecule has 14 heavy (non-hydrogen) atoms. The molecule has 0 bridgehead atoms. The molecule has 0 unspecified atom stereocenters. The van der Waals surface area contributed by atoms with Crippen molar-refractivity contribution in [2.24, 2.45) is 11.7 Å². The summed E-state index contributed by atoms with van der Waals surface area (Å²) in [6.07, 6.45) is -0.580. The summed E-state index contributed by atoms with van der Waals surface area (Å²) in [4.78, 5) is 0. The molecule has 0 fully saturated rings. The molecule has 2 nitrogen and oxygen atoms in total. The molecule has 3 heteroatoms. The summed E-state index contributed by atoms with van der Waals surface area (Å²) in [7, 11) is 0. The topological polar surface area (TPSA) is 46.2 Å². The first-order valence-corrected chi connectivity index (χ1v) is 5.50. The summed E-state index contributed by atoms with van der Waals surface area (Å²) in [5, 5.41) is 9.91. The van der Waals surface area contributed by atoms with Gasteiger partial charge in [0.25, 0.3) is 0 Å². The van der Waals surface area contributed by atoms with E-state index in [1.54, 1.807) is 0 Å². The number of hydrogen-bond acceptors (Lipinski definition) is 2. The summed E-state index contributed by atoms with van der Waals surface area (Å²) < 4.78 is 1.01. The standard InChI is InChI=1S/C11H16BrNO/c1-7(2)10(13)11(14)8-3-5-9(12)6-4-8/h3-7,10-11,14H,13H2,1-2H3/t10-,11+/m0/s1. The van der Waals surface area contributed by atoms with Crippen molar-refractivity contribution < 1.29 is 5.11 Å². The van der Waals surface area contributed by atoms with Gasteiger partial charge in [-0.25, -0.2) is 0 Å². The van der Waals surface area contributed by atoms with Crippen LogP contribution in [-0.4, -0.2) is 11.1 Å². The highest BCUT2D eigenvalue weighted by atomic mass is 79.9. The third-order valence-corrected chi connectivity index (χ3v) is 2.87. The van der Waals surface area contributed by atoms with E-state index in [1.165, 1.54) is 0 Å². The molecule has 0 aliphatic rings. The SMILES string of the molecule is CC(C)[C@H](N)[C@H](O)c1ccc(Br)cc1. The highest BCUT2D eigenvalue weighted by molar-refractivity contribution is 9.10. The van der Waals surface area contributed by atoms with E-state index in [4.69, 9.17) is 5.73 Å². The van der Waals surface area contributed by atoms with Gasteiger partial charge < -0.3 is 10.8 Å². The molecule has 0 spiro atoms. The summed E-state index contributed by atoms with van der Waals surface area (Å²) in [5.41, 5.74) is 6.74. The van der Waals surface area contributed by atoms with Gasteiger partial charge in [0.1, 0.15) is 0 Å². The van der Waals surface area contributed by atoms with E-state index >= 15 is 0 Å². The van der Waals surface area contributed by atoms with Crippen LogP contribution in [0.15, 0.2) is 28.7 Å². The minimum absolute atomic E-state index is 0.212. The van der Waals surface area contributed by atoms with Gasteiger partial charge in [0.15, 0.2) is 0 Å². The van der Waals surface area contributed by atoms with Gasteiger partial charge in [0.05, 0.1) is 6.10 Å². The Balaban J connectivity index is 2.78. The molecule has 0 aliphatic heterocycles. The van der Waals surface area contributed by atoms with Crippen LogP contribution in [0.2, 0.25) is 0 Å². The van der Waals surface area contributed by atoms with Crippen molar-refractivity contribution in [3.8, 4) is 0 Å². The lowest BCUT2D eigenvalue weighted by atomic mass is 9.94. The molecular formula is C11H16BrNO. The fourth-order valence-electron chi connectivity index (χ4n) is 1.25. The summed E-state index contributed by atoms with van der Waals surface area (Å²) in [6.45, 7) is 4.01. The smallest absolute Gasteiger partial charge is 0.0943 e. The van der Waals surface area contributed by atoms with E-state index in [9.17, 15) is 5.11 Å². The quantitative estimate of drug-likeness (QED) is 0.874.